The number of aliphatic hydroxyl groups is 2. The predicted molar refractivity (Wildman–Crippen MR) is 125 cm³/mol. The second-order valence-corrected chi connectivity index (χ2v) is 8.13. The normalized spacial score (nSPS) is 15.2. The maximum atomic E-state index is 12.6. The van der Waals surface area contributed by atoms with Crippen LogP contribution in [0.25, 0.3) is 0 Å². The standard InChI is InChI=1S/C22H35N5O8/c1-12(29)18(27-19(31)15(24)4-2-3-9-23)21(33)26-17(11-28)20(32)25-16(22(34)35)10-13-5-7-14(30)8-6-13/h5-8,12,15-18,28-30H,2-4,9-11,23-24H2,1H3,(H,25,32)(H,26,33)(H,27,31)(H,34,35). The summed E-state index contributed by atoms with van der Waals surface area (Å²) >= 11 is 0. The third-order valence-electron chi connectivity index (χ3n) is 5.17. The van der Waals surface area contributed by atoms with E-state index in [-0.39, 0.29) is 12.2 Å². The van der Waals surface area contributed by atoms with Crippen molar-refractivity contribution in [3.8, 4) is 5.75 Å². The fourth-order valence-corrected chi connectivity index (χ4v) is 3.10. The molecular formula is C22H35N5O8. The molecule has 0 aliphatic heterocycles. The van der Waals surface area contributed by atoms with Gasteiger partial charge in [0.05, 0.1) is 18.8 Å². The molecule has 13 heteroatoms. The number of unbranched alkanes of at least 4 members (excludes halogenated alkanes) is 1. The fourth-order valence-electron chi connectivity index (χ4n) is 3.10. The first-order valence-electron chi connectivity index (χ1n) is 11.2. The van der Waals surface area contributed by atoms with Crippen LogP contribution < -0.4 is 27.4 Å². The molecule has 0 aliphatic carbocycles. The van der Waals surface area contributed by atoms with Crippen LogP contribution in [0.5, 0.6) is 5.75 Å². The summed E-state index contributed by atoms with van der Waals surface area (Å²) in [6, 6.07) is 0.333. The molecule has 1 rings (SSSR count). The van der Waals surface area contributed by atoms with Gasteiger partial charge in [0.15, 0.2) is 0 Å². The number of benzene rings is 1. The molecule has 1 aromatic rings. The minimum Gasteiger partial charge on any atom is -0.508 e. The zero-order valence-electron chi connectivity index (χ0n) is 19.5. The van der Waals surface area contributed by atoms with E-state index in [0.717, 1.165) is 0 Å². The van der Waals surface area contributed by atoms with Crippen molar-refractivity contribution in [2.75, 3.05) is 13.2 Å². The van der Waals surface area contributed by atoms with E-state index in [2.05, 4.69) is 16.0 Å². The van der Waals surface area contributed by atoms with Crippen LogP contribution in [0.1, 0.15) is 31.7 Å². The Morgan fingerprint density at radius 1 is 0.943 bits per heavy atom. The SMILES string of the molecule is CC(O)C(NC(=O)C(N)CCCCN)C(=O)NC(CO)C(=O)NC(Cc1ccc(O)cc1)C(=O)O. The molecule has 3 amide bonds. The third kappa shape index (κ3) is 10.3. The first kappa shape index (κ1) is 29.8. The van der Waals surface area contributed by atoms with Crippen LogP contribution in [0.4, 0.5) is 0 Å². The number of carboxylic acids is 1. The summed E-state index contributed by atoms with van der Waals surface area (Å²) in [7, 11) is 0. The molecule has 5 atom stereocenters. The summed E-state index contributed by atoms with van der Waals surface area (Å²) in [5, 5.41) is 45.1. The van der Waals surface area contributed by atoms with Crippen molar-refractivity contribution >= 4 is 23.7 Å². The topological polar surface area (TPSA) is 237 Å². The van der Waals surface area contributed by atoms with E-state index in [1.807, 2.05) is 0 Å². The summed E-state index contributed by atoms with van der Waals surface area (Å²) < 4.78 is 0. The highest BCUT2D eigenvalue weighted by molar-refractivity contribution is 5.94. The molecule has 1 aromatic carbocycles. The monoisotopic (exact) mass is 497 g/mol. The number of carboxylic acid groups (broad SMARTS) is 1. The van der Waals surface area contributed by atoms with E-state index in [0.29, 0.717) is 31.4 Å². The number of carbonyl (C=O) groups is 4. The van der Waals surface area contributed by atoms with Gasteiger partial charge in [-0.1, -0.05) is 18.6 Å². The number of phenolic OH excluding ortho intramolecular Hbond substituents is 1. The number of amides is 3. The lowest BCUT2D eigenvalue weighted by atomic mass is 10.0. The number of carbonyl (C=O) groups excluding carboxylic acids is 3. The maximum absolute atomic E-state index is 12.6. The summed E-state index contributed by atoms with van der Waals surface area (Å²) in [6.07, 6.45) is 0.0915. The second-order valence-electron chi connectivity index (χ2n) is 8.13. The highest BCUT2D eigenvalue weighted by Gasteiger charge is 2.32. The van der Waals surface area contributed by atoms with Gasteiger partial charge in [0.25, 0.3) is 0 Å². The largest absolute Gasteiger partial charge is 0.508 e. The number of hydrogen-bond donors (Lipinski definition) is 9. The van der Waals surface area contributed by atoms with E-state index in [9.17, 15) is 39.6 Å². The average Bonchev–Trinajstić information content (AvgIpc) is 2.81. The van der Waals surface area contributed by atoms with Crippen LogP contribution >= 0.6 is 0 Å². The van der Waals surface area contributed by atoms with Gasteiger partial charge in [-0.2, -0.15) is 0 Å². The number of aliphatic hydroxyl groups excluding tert-OH is 2. The lowest BCUT2D eigenvalue weighted by molar-refractivity contribution is -0.142. The molecule has 35 heavy (non-hydrogen) atoms. The Kier molecular flexibility index (Phi) is 12.7. The Morgan fingerprint density at radius 2 is 1.54 bits per heavy atom. The Bertz CT molecular complexity index is 849. The van der Waals surface area contributed by atoms with Gasteiger partial charge >= 0.3 is 5.97 Å². The van der Waals surface area contributed by atoms with Gasteiger partial charge in [0, 0.05) is 6.42 Å². The number of nitrogens with two attached hydrogens (primary N) is 2. The van der Waals surface area contributed by atoms with Crippen molar-refractivity contribution in [2.24, 2.45) is 11.5 Å². The third-order valence-corrected chi connectivity index (χ3v) is 5.17. The highest BCUT2D eigenvalue weighted by atomic mass is 16.4. The summed E-state index contributed by atoms with van der Waals surface area (Å²) in [5.41, 5.74) is 11.7. The Balaban J connectivity index is 2.80. The van der Waals surface area contributed by atoms with Crippen molar-refractivity contribution in [1.29, 1.82) is 0 Å². The van der Waals surface area contributed by atoms with Gasteiger partial charge in [-0.05, 0) is 44.0 Å². The van der Waals surface area contributed by atoms with Gasteiger partial charge in [0.2, 0.25) is 17.7 Å². The molecule has 0 saturated carbocycles. The second kappa shape index (κ2) is 14.9. The van der Waals surface area contributed by atoms with Crippen molar-refractivity contribution in [3.05, 3.63) is 29.8 Å². The molecule has 0 fully saturated rings. The molecule has 0 spiro atoms. The van der Waals surface area contributed by atoms with Crippen LogP contribution in [0, 0.1) is 0 Å². The Labute approximate surface area is 202 Å². The molecule has 0 bridgehead atoms. The van der Waals surface area contributed by atoms with Crippen molar-refractivity contribution in [3.63, 3.8) is 0 Å². The van der Waals surface area contributed by atoms with Gasteiger partial charge in [-0.3, -0.25) is 14.4 Å². The lowest BCUT2D eigenvalue weighted by Gasteiger charge is -2.25. The minimum atomic E-state index is -1.56. The van der Waals surface area contributed by atoms with Gasteiger partial charge in [-0.25, -0.2) is 4.79 Å². The molecule has 5 unspecified atom stereocenters. The van der Waals surface area contributed by atoms with Crippen molar-refractivity contribution in [2.45, 2.75) is 62.9 Å². The number of hydrogen-bond acceptors (Lipinski definition) is 9. The lowest BCUT2D eigenvalue weighted by Crippen LogP contribution is -2.60. The summed E-state index contributed by atoms with van der Waals surface area (Å²) in [5.74, 6) is -4.01. The van der Waals surface area contributed by atoms with Gasteiger partial charge < -0.3 is 47.8 Å². The molecule has 0 aromatic heterocycles. The number of rotatable bonds is 15. The molecule has 11 N–H and O–H groups in total. The van der Waals surface area contributed by atoms with Gasteiger partial charge in [-0.15, -0.1) is 0 Å². The number of nitrogens with one attached hydrogen (secondary N) is 3. The molecule has 0 saturated heterocycles. The zero-order chi connectivity index (χ0) is 26.5. The summed E-state index contributed by atoms with van der Waals surface area (Å²) in [6.45, 7) is 0.814. The predicted octanol–water partition coefficient (Wildman–Crippen LogP) is -2.70. The van der Waals surface area contributed by atoms with Crippen LogP contribution in [-0.4, -0.2) is 87.5 Å². The molecule has 0 heterocycles. The van der Waals surface area contributed by atoms with Crippen molar-refractivity contribution in [1.82, 2.24) is 16.0 Å². The van der Waals surface area contributed by atoms with Gasteiger partial charge in [0.1, 0.15) is 23.9 Å². The van der Waals surface area contributed by atoms with Crippen LogP contribution in [0.15, 0.2) is 24.3 Å². The van der Waals surface area contributed by atoms with Crippen LogP contribution in [-0.2, 0) is 25.6 Å². The van der Waals surface area contributed by atoms with Crippen molar-refractivity contribution < 1.29 is 39.6 Å². The highest BCUT2D eigenvalue weighted by Crippen LogP contribution is 2.11. The number of aromatic hydroxyl groups is 1. The average molecular weight is 498 g/mol. The van der Waals surface area contributed by atoms with E-state index < -0.39 is 60.6 Å². The Hall–Kier alpha value is -3.26. The van der Waals surface area contributed by atoms with E-state index in [4.69, 9.17) is 11.5 Å². The molecule has 0 aliphatic rings. The van der Waals surface area contributed by atoms with E-state index in [1.54, 1.807) is 0 Å². The molecule has 13 nitrogen and oxygen atoms in total. The molecule has 0 radical (unpaired) electrons. The van der Waals surface area contributed by atoms with Crippen LogP contribution in [0.2, 0.25) is 0 Å². The first-order valence-corrected chi connectivity index (χ1v) is 11.2. The Morgan fingerprint density at radius 3 is 2.06 bits per heavy atom. The summed E-state index contributed by atoms with van der Waals surface area (Å²) in [4.78, 5) is 49.1. The smallest absolute Gasteiger partial charge is 0.326 e. The quantitative estimate of drug-likeness (QED) is 0.114. The first-order chi connectivity index (χ1) is 16.5. The van der Waals surface area contributed by atoms with E-state index in [1.165, 1.54) is 31.2 Å². The number of phenols is 1. The van der Waals surface area contributed by atoms with E-state index >= 15 is 0 Å². The maximum Gasteiger partial charge on any atom is 0.326 e. The molecule has 196 valence electrons. The zero-order valence-corrected chi connectivity index (χ0v) is 19.5. The molecular weight excluding hydrogens is 462 g/mol. The number of aliphatic carboxylic acids is 1. The minimum absolute atomic E-state index is 0.0102. The fraction of sp³-hybridized carbons (Fsp3) is 0.545. The van der Waals surface area contributed by atoms with Crippen LogP contribution in [0.3, 0.4) is 0 Å².